The Balaban J connectivity index is 0.681. The van der Waals surface area contributed by atoms with Gasteiger partial charge in [0.1, 0.15) is 23.1 Å². The van der Waals surface area contributed by atoms with Crippen molar-refractivity contribution in [3.05, 3.63) is 48.2 Å². The predicted molar refractivity (Wildman–Crippen MR) is 246 cm³/mol. The number of alkyl halides is 2. The van der Waals surface area contributed by atoms with E-state index in [-0.39, 0.29) is 52.7 Å². The normalized spacial score (nSPS) is 24.9. The minimum absolute atomic E-state index is 0.112. The molecule has 2 saturated carbocycles. The minimum Gasteiger partial charge on any atom is -0.495 e. The molecular formula is C48H61F2N11O5. The number of carbonyl (C=O) groups is 4. The molecule has 66 heavy (non-hydrogen) atoms. The van der Waals surface area contributed by atoms with Gasteiger partial charge in [0.05, 0.1) is 31.0 Å². The molecule has 1 aromatic carbocycles. The van der Waals surface area contributed by atoms with E-state index in [1.165, 1.54) is 20.4 Å². The number of ether oxygens (including phenoxy) is 1. The fourth-order valence-corrected chi connectivity index (χ4v) is 11.9. The van der Waals surface area contributed by atoms with E-state index < -0.39 is 23.8 Å². The van der Waals surface area contributed by atoms with Crippen LogP contribution in [-0.2, 0) is 14.4 Å². The summed E-state index contributed by atoms with van der Waals surface area (Å²) in [5, 5.41) is 8.96. The van der Waals surface area contributed by atoms with Gasteiger partial charge in [-0.25, -0.2) is 9.97 Å². The number of fused-ring (bicyclic) bond motifs is 1. The number of halogens is 2. The second-order valence-electron chi connectivity index (χ2n) is 20.1. The molecule has 7 aliphatic rings. The highest BCUT2D eigenvalue weighted by Crippen LogP contribution is 2.49. The van der Waals surface area contributed by atoms with Gasteiger partial charge in [-0.3, -0.25) is 24.5 Å². The van der Waals surface area contributed by atoms with Crippen molar-refractivity contribution >= 4 is 58.4 Å². The van der Waals surface area contributed by atoms with E-state index in [2.05, 4.69) is 52.8 Å². The van der Waals surface area contributed by atoms with Crippen LogP contribution in [0.2, 0.25) is 0 Å². The first-order chi connectivity index (χ1) is 31.8. The maximum atomic E-state index is 15.1. The Kier molecular flexibility index (Phi) is 11.7. The molecule has 0 radical (unpaired) electrons. The summed E-state index contributed by atoms with van der Waals surface area (Å²) < 4.78 is 35.8. The van der Waals surface area contributed by atoms with Crippen molar-refractivity contribution < 1.29 is 32.7 Å². The van der Waals surface area contributed by atoms with Gasteiger partial charge in [-0.15, -0.1) is 0 Å². The molecule has 3 N–H and O–H groups in total. The Hall–Kier alpha value is -5.65. The minimum atomic E-state index is -3.57. The number of carbonyl (C=O) groups excluding carboxylic acids is 4. The van der Waals surface area contributed by atoms with Crippen molar-refractivity contribution in [2.45, 2.75) is 101 Å². The van der Waals surface area contributed by atoms with Crippen molar-refractivity contribution in [2.24, 2.45) is 16.7 Å². The van der Waals surface area contributed by atoms with Gasteiger partial charge >= 0.3 is 5.92 Å². The number of methoxy groups -OCH3 is 1. The average molecular weight is 910 g/mol. The molecule has 352 valence electrons. The lowest BCUT2D eigenvalue weighted by Crippen LogP contribution is -2.55. The first kappa shape index (κ1) is 44.2. The summed E-state index contributed by atoms with van der Waals surface area (Å²) in [5.41, 5.74) is 0.979. The lowest BCUT2D eigenvalue weighted by atomic mass is 9.60. The first-order valence-electron chi connectivity index (χ1n) is 23.9. The van der Waals surface area contributed by atoms with Gasteiger partial charge in [0.15, 0.2) is 5.82 Å². The van der Waals surface area contributed by atoms with Crippen molar-refractivity contribution in [2.75, 3.05) is 91.4 Å². The van der Waals surface area contributed by atoms with Gasteiger partial charge in [-0.05, 0) is 119 Å². The largest absolute Gasteiger partial charge is 0.495 e. The Morgan fingerprint density at radius 3 is 2.36 bits per heavy atom. The van der Waals surface area contributed by atoms with E-state index in [4.69, 9.17) is 9.72 Å². The van der Waals surface area contributed by atoms with Crippen LogP contribution in [0.1, 0.15) is 93.8 Å². The smallest absolute Gasteiger partial charge is 0.342 e. The molecule has 16 nitrogen and oxygen atoms in total. The number of rotatable bonds is 10. The van der Waals surface area contributed by atoms with Crippen molar-refractivity contribution in [1.29, 1.82) is 0 Å². The van der Waals surface area contributed by atoms with Crippen LogP contribution in [-0.4, -0.2) is 128 Å². The molecule has 4 amide bonds. The number of benzene rings is 1. The van der Waals surface area contributed by atoms with Crippen molar-refractivity contribution in [1.82, 2.24) is 30.5 Å². The SMILES string of the molecule is COc1cc(C(=O)NC2CC3(CCN(CC4CCN(c5cccc(N6CCC7(CCC(=O)NC7=O)C6)n5)CC4)CC3)C2)ccc1Nc1ncc2c(n1)N(C1CCCC1)CC(F)(F)C(=O)N2C. The number of imide groups is 1. The molecule has 7 heterocycles. The number of aromatic nitrogens is 3. The van der Waals surface area contributed by atoms with Gasteiger partial charge in [-0.1, -0.05) is 18.9 Å². The lowest BCUT2D eigenvalue weighted by Gasteiger charge is -2.52. The van der Waals surface area contributed by atoms with Crippen LogP contribution in [0.5, 0.6) is 5.75 Å². The average Bonchev–Trinajstić information content (AvgIpc) is 4.01. The van der Waals surface area contributed by atoms with Crippen molar-refractivity contribution in [3.8, 4) is 5.75 Å². The number of piperidine rings is 3. The van der Waals surface area contributed by atoms with E-state index in [0.717, 1.165) is 126 Å². The van der Waals surface area contributed by atoms with E-state index in [1.54, 1.807) is 23.1 Å². The first-order valence-corrected chi connectivity index (χ1v) is 23.9. The van der Waals surface area contributed by atoms with E-state index in [1.807, 2.05) is 6.07 Å². The third-order valence-electron chi connectivity index (χ3n) is 15.9. The Labute approximate surface area is 384 Å². The quantitative estimate of drug-likeness (QED) is 0.218. The number of hydrogen-bond acceptors (Lipinski definition) is 13. The van der Waals surface area contributed by atoms with E-state index in [0.29, 0.717) is 42.3 Å². The van der Waals surface area contributed by atoms with Crippen LogP contribution >= 0.6 is 0 Å². The molecule has 1 unspecified atom stereocenters. The van der Waals surface area contributed by atoms with Gasteiger partial charge in [0, 0.05) is 63.8 Å². The zero-order chi connectivity index (χ0) is 45.8. The molecule has 4 saturated heterocycles. The van der Waals surface area contributed by atoms with Crippen LogP contribution in [0.4, 0.5) is 43.6 Å². The second-order valence-corrected chi connectivity index (χ2v) is 20.1. The number of likely N-dealkylation sites (tertiary alicyclic amines) is 1. The third-order valence-corrected chi connectivity index (χ3v) is 15.9. The van der Waals surface area contributed by atoms with Gasteiger partial charge < -0.3 is 39.9 Å². The summed E-state index contributed by atoms with van der Waals surface area (Å²) in [6.45, 7) is 5.81. The number of amides is 4. The summed E-state index contributed by atoms with van der Waals surface area (Å²) in [5.74, 6) is -1.94. The van der Waals surface area contributed by atoms with Crippen LogP contribution in [0.25, 0.3) is 0 Å². The van der Waals surface area contributed by atoms with Gasteiger partial charge in [-0.2, -0.15) is 13.8 Å². The molecule has 1 atom stereocenters. The number of pyridine rings is 1. The topological polar surface area (TPSA) is 168 Å². The highest BCUT2D eigenvalue weighted by atomic mass is 19.3. The molecule has 10 rings (SSSR count). The molecule has 2 aliphatic carbocycles. The number of nitrogens with one attached hydrogen (secondary N) is 3. The van der Waals surface area contributed by atoms with Crippen molar-refractivity contribution in [3.63, 3.8) is 0 Å². The summed E-state index contributed by atoms with van der Waals surface area (Å²) in [4.78, 5) is 74.6. The van der Waals surface area contributed by atoms with Crippen LogP contribution in [0.3, 0.4) is 0 Å². The Bertz CT molecular complexity index is 2360. The Morgan fingerprint density at radius 2 is 1.64 bits per heavy atom. The zero-order valence-electron chi connectivity index (χ0n) is 38.0. The molecule has 18 heteroatoms. The Morgan fingerprint density at radius 1 is 0.894 bits per heavy atom. The number of nitrogens with zero attached hydrogens (tertiary/aromatic N) is 8. The fraction of sp³-hybridized carbons (Fsp3) is 0.604. The maximum absolute atomic E-state index is 15.1. The zero-order valence-corrected chi connectivity index (χ0v) is 38.0. The van der Waals surface area contributed by atoms with Gasteiger partial charge in [0.25, 0.3) is 11.8 Å². The lowest BCUT2D eigenvalue weighted by molar-refractivity contribution is -0.141. The summed E-state index contributed by atoms with van der Waals surface area (Å²) >= 11 is 0. The van der Waals surface area contributed by atoms with Crippen LogP contribution in [0.15, 0.2) is 42.6 Å². The van der Waals surface area contributed by atoms with E-state index >= 15 is 8.78 Å². The predicted octanol–water partition coefficient (Wildman–Crippen LogP) is 5.51. The number of hydrogen-bond donors (Lipinski definition) is 3. The third kappa shape index (κ3) is 8.60. The van der Waals surface area contributed by atoms with Crippen LogP contribution < -0.4 is 40.3 Å². The molecule has 0 bridgehead atoms. The summed E-state index contributed by atoms with van der Waals surface area (Å²) in [7, 11) is 2.85. The summed E-state index contributed by atoms with van der Waals surface area (Å²) in [6.07, 6.45) is 12.9. The van der Waals surface area contributed by atoms with Crippen LogP contribution in [0, 0.1) is 16.7 Å². The fourth-order valence-electron chi connectivity index (χ4n) is 11.9. The van der Waals surface area contributed by atoms with E-state index in [9.17, 15) is 19.2 Å². The highest BCUT2D eigenvalue weighted by molar-refractivity contribution is 6.02. The standard InChI is InChI=1S/C48H61F2N11O5/c1-57-36-27-51-45(56-41(36)61(34-6-3-4-7-34)30-48(49,50)44(57)65)53-35-11-10-32(24-37(35)66-2)42(63)52-33-25-46(26-33)16-21-58(22-17-46)28-31-13-19-59(20-14-31)38-8-5-9-39(54-38)60-23-18-47(29-60)15-12-40(62)55-43(47)64/h5,8-11,24,27,31,33-34H,3-4,6-7,12-23,25-26,28-30H2,1-2H3,(H,52,63)(H,51,53,56)(H,55,62,64). The maximum Gasteiger partial charge on any atom is 0.342 e. The monoisotopic (exact) mass is 909 g/mol. The highest BCUT2D eigenvalue weighted by Gasteiger charge is 2.50. The molecule has 6 fully saturated rings. The summed E-state index contributed by atoms with van der Waals surface area (Å²) in [6, 6.07) is 11.3. The number of anilines is 6. The molecule has 5 aliphatic heterocycles. The molecule has 2 spiro atoms. The second kappa shape index (κ2) is 17.5. The molecule has 3 aromatic rings. The molecular weight excluding hydrogens is 849 g/mol. The van der Waals surface area contributed by atoms with Gasteiger partial charge in [0.2, 0.25) is 17.8 Å². The molecule has 2 aromatic heterocycles.